The summed E-state index contributed by atoms with van der Waals surface area (Å²) in [5, 5.41) is 3.11. The fraction of sp³-hybridized carbons (Fsp3) is 0.364. The molecule has 1 unspecified atom stereocenters. The van der Waals surface area contributed by atoms with Crippen molar-refractivity contribution in [3.05, 3.63) is 70.3 Å². The summed E-state index contributed by atoms with van der Waals surface area (Å²) in [5.41, 5.74) is 5.52. The minimum Gasteiger partial charge on any atom is -0.349 e. The molecule has 130 valence electrons. The molecule has 1 atom stereocenters. The van der Waals surface area contributed by atoms with Gasteiger partial charge >= 0.3 is 0 Å². The van der Waals surface area contributed by atoms with E-state index in [2.05, 4.69) is 17.4 Å². The Labute approximate surface area is 149 Å². The molecule has 2 aromatic rings. The van der Waals surface area contributed by atoms with E-state index in [1.54, 1.807) is 0 Å². The molecule has 0 saturated heterocycles. The van der Waals surface area contributed by atoms with Gasteiger partial charge in [-0.3, -0.25) is 9.59 Å². The number of carbonyl (C=O) groups excluding carboxylic acids is 2. The largest absolute Gasteiger partial charge is 0.349 e. The lowest BCUT2D eigenvalue weighted by Crippen LogP contribution is -2.31. The van der Waals surface area contributed by atoms with Gasteiger partial charge in [0.1, 0.15) is 0 Å². The SMILES string of the molecule is Cc1ccc(C(=O)CCC(=O)NC2CCCc3ccccc32)cc1C. The highest BCUT2D eigenvalue weighted by atomic mass is 16.2. The van der Waals surface area contributed by atoms with Crippen molar-refractivity contribution in [2.45, 2.75) is 52.0 Å². The van der Waals surface area contributed by atoms with Crippen LogP contribution in [0.3, 0.4) is 0 Å². The van der Waals surface area contributed by atoms with Crippen LogP contribution in [0.4, 0.5) is 0 Å². The fourth-order valence-corrected chi connectivity index (χ4v) is 3.46. The van der Waals surface area contributed by atoms with Crippen LogP contribution in [-0.2, 0) is 11.2 Å². The van der Waals surface area contributed by atoms with Crippen LogP contribution in [0.25, 0.3) is 0 Å². The molecule has 3 nitrogen and oxygen atoms in total. The van der Waals surface area contributed by atoms with Gasteiger partial charge in [-0.1, -0.05) is 36.4 Å². The number of fused-ring (bicyclic) bond motifs is 1. The molecule has 0 heterocycles. The van der Waals surface area contributed by atoms with Crippen LogP contribution in [-0.4, -0.2) is 11.7 Å². The van der Waals surface area contributed by atoms with Crippen molar-refractivity contribution in [2.24, 2.45) is 0 Å². The molecule has 0 aliphatic heterocycles. The molecule has 1 N–H and O–H groups in total. The molecule has 0 aromatic heterocycles. The van der Waals surface area contributed by atoms with Crippen molar-refractivity contribution >= 4 is 11.7 Å². The van der Waals surface area contributed by atoms with Crippen LogP contribution in [0.15, 0.2) is 42.5 Å². The zero-order chi connectivity index (χ0) is 17.8. The first-order chi connectivity index (χ1) is 12.0. The third kappa shape index (κ3) is 4.16. The average Bonchev–Trinajstić information content (AvgIpc) is 2.62. The van der Waals surface area contributed by atoms with Crippen molar-refractivity contribution < 1.29 is 9.59 Å². The molecule has 0 saturated carbocycles. The van der Waals surface area contributed by atoms with Crippen molar-refractivity contribution in [3.63, 3.8) is 0 Å². The molecule has 25 heavy (non-hydrogen) atoms. The Bertz CT molecular complexity index is 794. The van der Waals surface area contributed by atoms with E-state index in [9.17, 15) is 9.59 Å². The maximum absolute atomic E-state index is 12.3. The number of amides is 1. The molecule has 0 bridgehead atoms. The van der Waals surface area contributed by atoms with Gasteiger partial charge < -0.3 is 5.32 Å². The Morgan fingerprint density at radius 3 is 2.64 bits per heavy atom. The lowest BCUT2D eigenvalue weighted by molar-refractivity contribution is -0.121. The normalized spacial score (nSPS) is 16.2. The highest BCUT2D eigenvalue weighted by Crippen LogP contribution is 2.29. The van der Waals surface area contributed by atoms with E-state index in [0.717, 1.165) is 24.8 Å². The summed E-state index contributed by atoms with van der Waals surface area (Å²) in [5.74, 6) is -0.0128. The third-order valence-electron chi connectivity index (χ3n) is 5.11. The van der Waals surface area contributed by atoms with Gasteiger partial charge in [0.25, 0.3) is 0 Å². The van der Waals surface area contributed by atoms with Gasteiger partial charge in [0.05, 0.1) is 6.04 Å². The maximum atomic E-state index is 12.3. The molecule has 0 radical (unpaired) electrons. The number of hydrogen-bond acceptors (Lipinski definition) is 2. The molecule has 3 rings (SSSR count). The highest BCUT2D eigenvalue weighted by molar-refractivity contribution is 5.98. The third-order valence-corrected chi connectivity index (χ3v) is 5.11. The minimum atomic E-state index is -0.0427. The molecule has 0 spiro atoms. The molecular formula is C22H25NO2. The van der Waals surface area contributed by atoms with E-state index < -0.39 is 0 Å². The van der Waals surface area contributed by atoms with Crippen LogP contribution in [0.1, 0.15) is 64.3 Å². The Hall–Kier alpha value is -2.42. The van der Waals surface area contributed by atoms with Crippen molar-refractivity contribution in [1.29, 1.82) is 0 Å². The van der Waals surface area contributed by atoms with Crippen molar-refractivity contribution in [1.82, 2.24) is 5.32 Å². The first-order valence-electron chi connectivity index (χ1n) is 9.02. The number of hydrogen-bond donors (Lipinski definition) is 1. The van der Waals surface area contributed by atoms with E-state index in [1.165, 1.54) is 16.7 Å². The molecule has 1 aliphatic carbocycles. The smallest absolute Gasteiger partial charge is 0.220 e. The maximum Gasteiger partial charge on any atom is 0.220 e. The topological polar surface area (TPSA) is 46.2 Å². The van der Waals surface area contributed by atoms with Gasteiger partial charge in [-0.2, -0.15) is 0 Å². The van der Waals surface area contributed by atoms with Crippen molar-refractivity contribution in [2.75, 3.05) is 0 Å². The Morgan fingerprint density at radius 2 is 1.84 bits per heavy atom. The van der Waals surface area contributed by atoms with E-state index in [1.807, 2.05) is 44.2 Å². The second kappa shape index (κ2) is 7.64. The van der Waals surface area contributed by atoms with E-state index in [4.69, 9.17) is 0 Å². The van der Waals surface area contributed by atoms with Gasteiger partial charge in [0.2, 0.25) is 5.91 Å². The summed E-state index contributed by atoms with van der Waals surface area (Å²) in [4.78, 5) is 24.6. The van der Waals surface area contributed by atoms with Crippen LogP contribution >= 0.6 is 0 Å². The second-order valence-electron chi connectivity index (χ2n) is 6.93. The van der Waals surface area contributed by atoms with Crippen LogP contribution in [0, 0.1) is 13.8 Å². The predicted octanol–water partition coefficient (Wildman–Crippen LogP) is 4.46. The van der Waals surface area contributed by atoms with Gasteiger partial charge in [-0.25, -0.2) is 0 Å². The minimum absolute atomic E-state index is 0.0299. The number of nitrogens with one attached hydrogen (secondary N) is 1. The molecule has 2 aromatic carbocycles. The molecule has 1 aliphatic rings. The lowest BCUT2D eigenvalue weighted by Gasteiger charge is -2.26. The van der Waals surface area contributed by atoms with E-state index >= 15 is 0 Å². The van der Waals surface area contributed by atoms with Gasteiger partial charge in [0.15, 0.2) is 5.78 Å². The summed E-state index contributed by atoms with van der Waals surface area (Å²) in [6, 6.07) is 14.1. The number of carbonyl (C=O) groups is 2. The first-order valence-corrected chi connectivity index (χ1v) is 9.02. The molecule has 3 heteroatoms. The van der Waals surface area contributed by atoms with Crippen LogP contribution in [0.2, 0.25) is 0 Å². The summed E-state index contributed by atoms with van der Waals surface area (Å²) >= 11 is 0. The average molecular weight is 335 g/mol. The number of aryl methyl sites for hydroxylation is 3. The zero-order valence-corrected chi connectivity index (χ0v) is 15.0. The number of ketones is 1. The van der Waals surface area contributed by atoms with Gasteiger partial charge in [-0.15, -0.1) is 0 Å². The second-order valence-corrected chi connectivity index (χ2v) is 6.93. The van der Waals surface area contributed by atoms with Crippen LogP contribution < -0.4 is 5.32 Å². The Morgan fingerprint density at radius 1 is 1.04 bits per heavy atom. The summed E-state index contributed by atoms with van der Waals surface area (Å²) in [7, 11) is 0. The first kappa shape index (κ1) is 17.4. The van der Waals surface area contributed by atoms with Crippen molar-refractivity contribution in [3.8, 4) is 0 Å². The fourth-order valence-electron chi connectivity index (χ4n) is 3.46. The summed E-state index contributed by atoms with van der Waals surface area (Å²) in [6.07, 6.45) is 3.62. The Kier molecular flexibility index (Phi) is 5.32. The predicted molar refractivity (Wildman–Crippen MR) is 99.7 cm³/mol. The van der Waals surface area contributed by atoms with E-state index in [0.29, 0.717) is 5.56 Å². The summed E-state index contributed by atoms with van der Waals surface area (Å²) < 4.78 is 0. The van der Waals surface area contributed by atoms with E-state index in [-0.39, 0.29) is 30.6 Å². The number of Topliss-reactive ketones (excluding diaryl/α,β-unsaturated/α-hetero) is 1. The monoisotopic (exact) mass is 335 g/mol. The van der Waals surface area contributed by atoms with Gasteiger partial charge in [0, 0.05) is 18.4 Å². The standard InChI is InChI=1S/C22H25NO2/c1-15-10-11-18(14-16(15)2)21(24)12-13-22(25)23-20-9-5-7-17-6-3-4-8-19(17)20/h3-4,6,8,10-11,14,20H,5,7,9,12-13H2,1-2H3,(H,23,25). The Balaban J connectivity index is 1.57. The lowest BCUT2D eigenvalue weighted by atomic mass is 9.87. The molecular weight excluding hydrogens is 310 g/mol. The van der Waals surface area contributed by atoms with Crippen LogP contribution in [0.5, 0.6) is 0 Å². The zero-order valence-electron chi connectivity index (χ0n) is 15.0. The summed E-state index contributed by atoms with van der Waals surface area (Å²) in [6.45, 7) is 4.03. The van der Waals surface area contributed by atoms with Gasteiger partial charge in [-0.05, 0) is 61.4 Å². The molecule has 1 amide bonds. The number of rotatable bonds is 5. The molecule has 0 fully saturated rings. The number of benzene rings is 2. The highest BCUT2D eigenvalue weighted by Gasteiger charge is 2.21. The quantitative estimate of drug-likeness (QED) is 0.820.